The molecule has 0 fully saturated rings. The van der Waals surface area contributed by atoms with Crippen LogP contribution in [0.1, 0.15) is 13.3 Å². The summed E-state index contributed by atoms with van der Waals surface area (Å²) < 4.78 is 0.465. The van der Waals surface area contributed by atoms with E-state index >= 15 is 0 Å². The quantitative estimate of drug-likeness (QED) is 0.829. The molecule has 1 aromatic rings. The average Bonchev–Trinajstić information content (AvgIpc) is 2.22. The van der Waals surface area contributed by atoms with Crippen molar-refractivity contribution in [2.75, 3.05) is 24.5 Å². The Morgan fingerprint density at radius 2 is 2.33 bits per heavy atom. The van der Waals surface area contributed by atoms with E-state index in [2.05, 4.69) is 32.8 Å². The molecule has 0 spiro atoms. The highest BCUT2D eigenvalue weighted by Crippen LogP contribution is 2.18. The highest BCUT2D eigenvalue weighted by molar-refractivity contribution is 9.10. The van der Waals surface area contributed by atoms with Gasteiger partial charge in [0.2, 0.25) is 0 Å². The van der Waals surface area contributed by atoms with Crippen LogP contribution in [-0.4, -0.2) is 29.6 Å². The maximum Gasteiger partial charge on any atom is 0.267 e. The van der Waals surface area contributed by atoms with Gasteiger partial charge in [-0.1, -0.05) is 6.92 Å². The van der Waals surface area contributed by atoms with Gasteiger partial charge in [0.05, 0.1) is 6.33 Å². The number of halogens is 1. The van der Waals surface area contributed by atoms with Gasteiger partial charge < -0.3 is 15.6 Å². The van der Waals surface area contributed by atoms with Crippen molar-refractivity contribution in [1.29, 1.82) is 0 Å². The molecule has 1 heterocycles. The highest BCUT2D eigenvalue weighted by atomic mass is 79.9. The summed E-state index contributed by atoms with van der Waals surface area (Å²) in [5, 5.41) is 0. The summed E-state index contributed by atoms with van der Waals surface area (Å²) in [6.07, 6.45) is 2.39. The first-order valence-electron chi connectivity index (χ1n) is 4.89. The molecule has 1 rings (SSSR count). The number of rotatable bonds is 5. The van der Waals surface area contributed by atoms with E-state index in [-0.39, 0.29) is 5.56 Å². The zero-order valence-electron chi connectivity index (χ0n) is 8.66. The molecule has 3 N–H and O–H groups in total. The summed E-state index contributed by atoms with van der Waals surface area (Å²) in [6.45, 7) is 4.15. The molecule has 6 heteroatoms. The van der Waals surface area contributed by atoms with Crippen LogP contribution in [0, 0.1) is 0 Å². The number of nitrogens with one attached hydrogen (secondary N) is 1. The summed E-state index contributed by atoms with van der Waals surface area (Å²) in [4.78, 5) is 20.0. The molecule has 15 heavy (non-hydrogen) atoms. The van der Waals surface area contributed by atoms with Crippen molar-refractivity contribution < 1.29 is 0 Å². The second-order valence-corrected chi connectivity index (χ2v) is 3.94. The highest BCUT2D eigenvalue weighted by Gasteiger charge is 2.12. The van der Waals surface area contributed by atoms with E-state index in [1.54, 1.807) is 0 Å². The smallest absolute Gasteiger partial charge is 0.267 e. The third-order valence-electron chi connectivity index (χ3n) is 1.97. The van der Waals surface area contributed by atoms with E-state index in [1.165, 1.54) is 6.33 Å². The van der Waals surface area contributed by atoms with Crippen LogP contribution in [0.15, 0.2) is 15.6 Å². The first-order valence-corrected chi connectivity index (χ1v) is 5.68. The number of H-pyrrole nitrogens is 1. The number of hydrogen-bond acceptors (Lipinski definition) is 4. The van der Waals surface area contributed by atoms with Gasteiger partial charge in [-0.15, -0.1) is 0 Å². The fourth-order valence-electron chi connectivity index (χ4n) is 1.34. The topological polar surface area (TPSA) is 75.0 Å². The zero-order chi connectivity index (χ0) is 11.3. The lowest BCUT2D eigenvalue weighted by Crippen LogP contribution is -2.32. The van der Waals surface area contributed by atoms with Crippen molar-refractivity contribution in [2.45, 2.75) is 13.3 Å². The fourth-order valence-corrected chi connectivity index (χ4v) is 1.81. The van der Waals surface area contributed by atoms with Crippen LogP contribution in [0.4, 0.5) is 5.82 Å². The number of nitrogens with two attached hydrogens (primary N) is 1. The monoisotopic (exact) mass is 274 g/mol. The lowest BCUT2D eigenvalue weighted by molar-refractivity contribution is 0.745. The second kappa shape index (κ2) is 5.87. The Morgan fingerprint density at radius 3 is 2.93 bits per heavy atom. The Labute approximate surface area is 96.8 Å². The van der Waals surface area contributed by atoms with Gasteiger partial charge in [0.1, 0.15) is 10.3 Å². The number of nitrogens with zero attached hydrogens (tertiary/aromatic N) is 2. The van der Waals surface area contributed by atoms with Crippen LogP contribution in [0.25, 0.3) is 0 Å². The van der Waals surface area contributed by atoms with E-state index < -0.39 is 0 Å². The summed E-state index contributed by atoms with van der Waals surface area (Å²) in [5.74, 6) is 0.658. The van der Waals surface area contributed by atoms with Crippen molar-refractivity contribution in [3.63, 3.8) is 0 Å². The fraction of sp³-hybridized carbons (Fsp3) is 0.556. The predicted octanol–water partition coefficient (Wildman–Crippen LogP) is 0.707. The minimum absolute atomic E-state index is 0.168. The van der Waals surface area contributed by atoms with Crippen LogP contribution in [0.3, 0.4) is 0 Å². The third-order valence-corrected chi connectivity index (χ3v) is 2.68. The Hall–Kier alpha value is -0.880. The van der Waals surface area contributed by atoms with Gasteiger partial charge in [-0.25, -0.2) is 4.98 Å². The molecule has 0 aliphatic carbocycles. The molecule has 0 aromatic carbocycles. The molecule has 0 unspecified atom stereocenters. The summed E-state index contributed by atoms with van der Waals surface area (Å²) in [6, 6.07) is 0. The molecule has 84 valence electrons. The lowest BCUT2D eigenvalue weighted by Gasteiger charge is -2.22. The molecule has 0 aliphatic heterocycles. The first-order chi connectivity index (χ1) is 7.20. The zero-order valence-corrected chi connectivity index (χ0v) is 10.2. The van der Waals surface area contributed by atoms with E-state index in [0.29, 0.717) is 23.4 Å². The van der Waals surface area contributed by atoms with Crippen molar-refractivity contribution in [3.05, 3.63) is 21.2 Å². The molecule has 0 saturated heterocycles. The van der Waals surface area contributed by atoms with Crippen LogP contribution in [-0.2, 0) is 0 Å². The Morgan fingerprint density at radius 1 is 1.60 bits per heavy atom. The minimum atomic E-state index is -0.168. The SMILES string of the molecule is CCCN(CCN)c1nc[nH]c(=O)c1Br. The number of aromatic nitrogens is 2. The maximum atomic E-state index is 11.4. The molecule has 0 atom stereocenters. The Balaban J connectivity index is 2.99. The Bertz CT molecular complexity index is 359. The van der Waals surface area contributed by atoms with Gasteiger partial charge in [-0.05, 0) is 22.4 Å². The predicted molar refractivity (Wildman–Crippen MR) is 64.1 cm³/mol. The number of hydrogen-bond donors (Lipinski definition) is 2. The normalized spacial score (nSPS) is 10.3. The number of aromatic amines is 1. The summed E-state index contributed by atoms with van der Waals surface area (Å²) in [7, 11) is 0. The van der Waals surface area contributed by atoms with Crippen LogP contribution >= 0.6 is 15.9 Å². The lowest BCUT2D eigenvalue weighted by atomic mass is 10.4. The minimum Gasteiger partial charge on any atom is -0.354 e. The van der Waals surface area contributed by atoms with Crippen molar-refractivity contribution in [2.24, 2.45) is 5.73 Å². The largest absolute Gasteiger partial charge is 0.354 e. The van der Waals surface area contributed by atoms with E-state index in [4.69, 9.17) is 5.73 Å². The van der Waals surface area contributed by atoms with Gasteiger partial charge in [0.15, 0.2) is 0 Å². The standard InChI is InChI=1S/C9H15BrN4O/c1-2-4-14(5-3-11)8-7(10)9(15)13-6-12-8/h6H,2-5,11H2,1H3,(H,12,13,15). The van der Waals surface area contributed by atoms with E-state index in [9.17, 15) is 4.79 Å². The molecule has 0 saturated carbocycles. The van der Waals surface area contributed by atoms with Crippen LogP contribution in [0.5, 0.6) is 0 Å². The molecule has 5 nitrogen and oxygen atoms in total. The molecular weight excluding hydrogens is 260 g/mol. The summed E-state index contributed by atoms with van der Waals surface area (Å²) >= 11 is 3.23. The molecule has 0 bridgehead atoms. The van der Waals surface area contributed by atoms with Gasteiger partial charge in [0.25, 0.3) is 5.56 Å². The van der Waals surface area contributed by atoms with Gasteiger partial charge in [-0.3, -0.25) is 4.79 Å². The van der Waals surface area contributed by atoms with Crippen molar-refractivity contribution in [1.82, 2.24) is 9.97 Å². The maximum absolute atomic E-state index is 11.4. The molecular formula is C9H15BrN4O. The van der Waals surface area contributed by atoms with Crippen LogP contribution in [0.2, 0.25) is 0 Å². The van der Waals surface area contributed by atoms with Gasteiger partial charge >= 0.3 is 0 Å². The molecule has 1 aromatic heterocycles. The van der Waals surface area contributed by atoms with E-state index in [0.717, 1.165) is 13.0 Å². The summed E-state index contributed by atoms with van der Waals surface area (Å²) in [5.41, 5.74) is 5.35. The first kappa shape index (κ1) is 12.2. The van der Waals surface area contributed by atoms with Crippen molar-refractivity contribution in [3.8, 4) is 0 Å². The number of anilines is 1. The van der Waals surface area contributed by atoms with Crippen molar-refractivity contribution >= 4 is 21.7 Å². The third kappa shape index (κ3) is 3.04. The molecule has 0 radical (unpaired) electrons. The van der Waals surface area contributed by atoms with Gasteiger partial charge in [0, 0.05) is 19.6 Å². The molecule has 0 aliphatic rings. The second-order valence-electron chi connectivity index (χ2n) is 3.14. The van der Waals surface area contributed by atoms with Gasteiger partial charge in [-0.2, -0.15) is 0 Å². The molecule has 0 amide bonds. The average molecular weight is 275 g/mol. The van der Waals surface area contributed by atoms with E-state index in [1.807, 2.05) is 4.90 Å². The Kier molecular flexibility index (Phi) is 4.77. The van der Waals surface area contributed by atoms with Crippen LogP contribution < -0.4 is 16.2 Å².